The first kappa shape index (κ1) is 15.1. The Bertz CT molecular complexity index is 719. The second-order valence-corrected chi connectivity index (χ2v) is 5.16. The van der Waals surface area contributed by atoms with Crippen LogP contribution < -0.4 is 15.5 Å². The van der Waals surface area contributed by atoms with E-state index < -0.39 is 17.7 Å². The highest BCUT2D eigenvalue weighted by Crippen LogP contribution is 2.20. The van der Waals surface area contributed by atoms with Gasteiger partial charge in [0.05, 0.1) is 5.69 Å². The molecule has 3 rings (SSSR count). The number of hydrogen-bond acceptors (Lipinski definition) is 4. The molecule has 2 aromatic rings. The summed E-state index contributed by atoms with van der Waals surface area (Å²) in [7, 11) is 0. The summed E-state index contributed by atoms with van der Waals surface area (Å²) < 4.78 is 26.3. The van der Waals surface area contributed by atoms with Crippen molar-refractivity contribution in [2.24, 2.45) is 0 Å². The highest BCUT2D eigenvalue weighted by atomic mass is 19.1. The van der Waals surface area contributed by atoms with Crippen LogP contribution in [0.5, 0.6) is 0 Å². The summed E-state index contributed by atoms with van der Waals surface area (Å²) in [6, 6.07) is 3.91. The van der Waals surface area contributed by atoms with E-state index in [1.54, 1.807) is 6.07 Å². The number of rotatable bonds is 3. The van der Waals surface area contributed by atoms with Crippen LogP contribution >= 0.6 is 0 Å². The smallest absolute Gasteiger partial charge is 0.324 e. The monoisotopic (exact) mass is 319 g/mol. The zero-order chi connectivity index (χ0) is 16.2. The summed E-state index contributed by atoms with van der Waals surface area (Å²) in [4.78, 5) is 22.1. The lowest BCUT2D eigenvalue weighted by Crippen LogP contribution is -2.22. The van der Waals surface area contributed by atoms with Gasteiger partial charge < -0.3 is 10.2 Å². The largest absolute Gasteiger partial charge is 0.356 e. The third kappa shape index (κ3) is 3.71. The summed E-state index contributed by atoms with van der Waals surface area (Å²) in [5, 5.41) is 4.82. The Balaban J connectivity index is 1.66. The zero-order valence-corrected chi connectivity index (χ0v) is 12.2. The molecule has 0 radical (unpaired) electrons. The maximum Gasteiger partial charge on any atom is 0.324 e. The van der Waals surface area contributed by atoms with Crippen molar-refractivity contribution in [3.63, 3.8) is 0 Å². The topological polar surface area (TPSA) is 70.2 Å². The number of hydrogen-bond donors (Lipinski definition) is 2. The predicted octanol–water partition coefficient (Wildman–Crippen LogP) is 3.00. The van der Waals surface area contributed by atoms with Crippen LogP contribution in [-0.2, 0) is 0 Å². The normalized spacial score (nSPS) is 13.9. The van der Waals surface area contributed by atoms with Gasteiger partial charge in [0.2, 0.25) is 0 Å². The van der Waals surface area contributed by atoms with Crippen molar-refractivity contribution in [1.82, 2.24) is 9.97 Å². The number of benzene rings is 1. The molecule has 0 bridgehead atoms. The van der Waals surface area contributed by atoms with Gasteiger partial charge in [-0.05, 0) is 25.0 Å². The summed E-state index contributed by atoms with van der Waals surface area (Å²) in [5.41, 5.74) is -0.113. The number of amides is 2. The van der Waals surface area contributed by atoms with E-state index in [4.69, 9.17) is 0 Å². The van der Waals surface area contributed by atoms with Crippen molar-refractivity contribution in [3.8, 4) is 0 Å². The molecule has 8 heteroatoms. The van der Waals surface area contributed by atoms with E-state index in [1.165, 1.54) is 6.33 Å². The molecule has 0 spiro atoms. The van der Waals surface area contributed by atoms with Gasteiger partial charge in [0.25, 0.3) is 0 Å². The Morgan fingerprint density at radius 3 is 2.61 bits per heavy atom. The third-order valence-electron chi connectivity index (χ3n) is 3.50. The lowest BCUT2D eigenvalue weighted by atomic mass is 10.3. The molecule has 0 saturated carbocycles. The van der Waals surface area contributed by atoms with E-state index in [0.717, 1.165) is 43.9 Å². The van der Waals surface area contributed by atoms with Crippen LogP contribution in [-0.4, -0.2) is 29.1 Å². The minimum atomic E-state index is -0.847. The number of urea groups is 1. The van der Waals surface area contributed by atoms with Gasteiger partial charge in [0.15, 0.2) is 0 Å². The van der Waals surface area contributed by atoms with Crippen molar-refractivity contribution >= 4 is 23.4 Å². The lowest BCUT2D eigenvalue weighted by molar-refractivity contribution is 0.262. The molecule has 0 atom stereocenters. The number of halogens is 2. The molecule has 0 aliphatic carbocycles. The highest BCUT2D eigenvalue weighted by molar-refractivity contribution is 5.99. The fourth-order valence-corrected chi connectivity index (χ4v) is 2.40. The maximum atomic E-state index is 13.5. The first-order valence-corrected chi connectivity index (χ1v) is 7.22. The van der Waals surface area contributed by atoms with Crippen molar-refractivity contribution in [3.05, 3.63) is 42.2 Å². The Morgan fingerprint density at radius 2 is 1.87 bits per heavy atom. The summed E-state index contributed by atoms with van der Waals surface area (Å²) in [5.74, 6) is -0.511. The molecule has 1 saturated heterocycles. The van der Waals surface area contributed by atoms with E-state index in [1.807, 2.05) is 0 Å². The standard InChI is InChI=1S/C15H15F2N5O/c16-10-3-4-12(11(17)7-10)20-15(23)21-13-8-14(19-9-18-13)22-5-1-2-6-22/h3-4,7-9H,1-2,5-6H2,(H2,18,19,20,21,23). The number of nitrogens with one attached hydrogen (secondary N) is 2. The Hall–Kier alpha value is -2.77. The molecule has 1 aliphatic heterocycles. The summed E-state index contributed by atoms with van der Waals surface area (Å²) in [6.45, 7) is 1.84. The van der Waals surface area contributed by atoms with Crippen molar-refractivity contribution in [1.29, 1.82) is 0 Å². The van der Waals surface area contributed by atoms with E-state index in [9.17, 15) is 13.6 Å². The van der Waals surface area contributed by atoms with Crippen LogP contribution in [0.15, 0.2) is 30.6 Å². The maximum absolute atomic E-state index is 13.5. The molecule has 2 N–H and O–H groups in total. The van der Waals surface area contributed by atoms with E-state index in [2.05, 4.69) is 25.5 Å². The average Bonchev–Trinajstić information content (AvgIpc) is 3.05. The molecule has 1 aromatic heterocycles. The average molecular weight is 319 g/mol. The predicted molar refractivity (Wildman–Crippen MR) is 82.5 cm³/mol. The first-order chi connectivity index (χ1) is 11.1. The van der Waals surface area contributed by atoms with Crippen molar-refractivity contribution in [2.45, 2.75) is 12.8 Å². The quantitative estimate of drug-likeness (QED) is 0.912. The number of carbonyl (C=O) groups is 1. The molecule has 1 aromatic carbocycles. The zero-order valence-electron chi connectivity index (χ0n) is 12.2. The van der Waals surface area contributed by atoms with Gasteiger partial charge >= 0.3 is 6.03 Å². The number of nitrogens with zero attached hydrogens (tertiary/aromatic N) is 3. The van der Waals surface area contributed by atoms with E-state index >= 15 is 0 Å². The molecule has 120 valence electrons. The van der Waals surface area contributed by atoms with Gasteiger partial charge in [-0.15, -0.1) is 0 Å². The van der Waals surface area contributed by atoms with Gasteiger partial charge in [-0.1, -0.05) is 0 Å². The number of aromatic nitrogens is 2. The SMILES string of the molecule is O=C(Nc1cc(N2CCCC2)ncn1)Nc1ccc(F)cc1F. The molecule has 23 heavy (non-hydrogen) atoms. The van der Waals surface area contributed by atoms with E-state index in [-0.39, 0.29) is 5.69 Å². The molecule has 1 aliphatic rings. The van der Waals surface area contributed by atoms with Crippen molar-refractivity contribution < 1.29 is 13.6 Å². The fraction of sp³-hybridized carbons (Fsp3) is 0.267. The second kappa shape index (κ2) is 6.55. The van der Waals surface area contributed by atoms with Crippen LogP contribution in [0, 0.1) is 11.6 Å². The molecular weight excluding hydrogens is 304 g/mol. The number of carbonyl (C=O) groups excluding carboxylic acids is 1. The molecule has 0 unspecified atom stereocenters. The molecule has 6 nitrogen and oxygen atoms in total. The minimum absolute atomic E-state index is 0.113. The van der Waals surface area contributed by atoms with Gasteiger partial charge in [-0.25, -0.2) is 23.5 Å². The Morgan fingerprint density at radius 1 is 1.09 bits per heavy atom. The second-order valence-electron chi connectivity index (χ2n) is 5.16. The Kier molecular flexibility index (Phi) is 4.31. The highest BCUT2D eigenvalue weighted by Gasteiger charge is 2.15. The van der Waals surface area contributed by atoms with Gasteiger partial charge in [-0.3, -0.25) is 5.32 Å². The number of anilines is 3. The van der Waals surface area contributed by atoms with Crippen molar-refractivity contribution in [2.75, 3.05) is 28.6 Å². The van der Waals surface area contributed by atoms with Gasteiger partial charge in [0.1, 0.15) is 29.6 Å². The Labute approximate surface area is 131 Å². The van der Waals surface area contributed by atoms with Crippen LogP contribution in [0.3, 0.4) is 0 Å². The summed E-state index contributed by atoms with van der Waals surface area (Å²) >= 11 is 0. The molecule has 2 amide bonds. The van der Waals surface area contributed by atoms with Crippen LogP contribution in [0.25, 0.3) is 0 Å². The van der Waals surface area contributed by atoms with Crippen LogP contribution in [0.1, 0.15) is 12.8 Å². The molecule has 2 heterocycles. The first-order valence-electron chi connectivity index (χ1n) is 7.22. The third-order valence-corrected chi connectivity index (χ3v) is 3.50. The van der Waals surface area contributed by atoms with Gasteiger partial charge in [0, 0.05) is 25.2 Å². The van der Waals surface area contributed by atoms with Crippen LogP contribution in [0.4, 0.5) is 30.9 Å². The van der Waals surface area contributed by atoms with Crippen LogP contribution in [0.2, 0.25) is 0 Å². The van der Waals surface area contributed by atoms with Gasteiger partial charge in [-0.2, -0.15) is 0 Å². The van der Waals surface area contributed by atoms with E-state index in [0.29, 0.717) is 11.9 Å². The fourth-order valence-electron chi connectivity index (χ4n) is 2.40. The molecule has 1 fully saturated rings. The lowest BCUT2D eigenvalue weighted by Gasteiger charge is -2.16. The molecular formula is C15H15F2N5O. The summed E-state index contributed by atoms with van der Waals surface area (Å²) in [6.07, 6.45) is 3.58. The minimum Gasteiger partial charge on any atom is -0.356 e.